The quantitative estimate of drug-likeness (QED) is 0.597. The van der Waals surface area contributed by atoms with Gasteiger partial charge < -0.3 is 19.0 Å². The highest BCUT2D eigenvalue weighted by atomic mass is 19.1. The summed E-state index contributed by atoms with van der Waals surface area (Å²) in [6.07, 6.45) is 3.35. The van der Waals surface area contributed by atoms with Crippen LogP contribution in [-0.2, 0) is 9.53 Å². The number of carbonyl (C=O) groups excluding carboxylic acids is 2. The molecule has 9 heteroatoms. The molecule has 1 amide bonds. The summed E-state index contributed by atoms with van der Waals surface area (Å²) < 4.78 is 23.6. The van der Waals surface area contributed by atoms with E-state index in [2.05, 4.69) is 9.97 Å². The van der Waals surface area contributed by atoms with Crippen molar-refractivity contribution < 1.29 is 23.1 Å². The molecule has 3 aromatic rings. The highest BCUT2D eigenvalue weighted by Crippen LogP contribution is 2.22. The van der Waals surface area contributed by atoms with Gasteiger partial charge in [0.2, 0.25) is 11.7 Å². The first kappa shape index (κ1) is 19.6. The lowest BCUT2D eigenvalue weighted by molar-refractivity contribution is -0.134. The van der Waals surface area contributed by atoms with Crippen molar-refractivity contribution in [3.8, 4) is 11.3 Å². The molecule has 0 radical (unpaired) electrons. The molecule has 8 nitrogen and oxygen atoms in total. The fourth-order valence-corrected chi connectivity index (χ4v) is 3.12. The molecule has 4 rings (SSSR count). The van der Waals surface area contributed by atoms with E-state index >= 15 is 0 Å². The molecule has 1 saturated heterocycles. The van der Waals surface area contributed by atoms with E-state index in [-0.39, 0.29) is 24.1 Å². The van der Waals surface area contributed by atoms with Crippen LogP contribution in [0, 0.1) is 5.82 Å². The highest BCUT2D eigenvalue weighted by Gasteiger charge is 2.24. The molecule has 1 aliphatic heterocycles. The third-order valence-electron chi connectivity index (χ3n) is 4.73. The summed E-state index contributed by atoms with van der Waals surface area (Å²) in [6.45, 7) is 1.81. The zero-order valence-corrected chi connectivity index (χ0v) is 16.0. The summed E-state index contributed by atoms with van der Waals surface area (Å²) in [5.74, 6) is -0.345. The monoisotopic (exact) mass is 410 g/mol. The van der Waals surface area contributed by atoms with E-state index in [9.17, 15) is 14.0 Å². The van der Waals surface area contributed by atoms with Crippen LogP contribution in [0.15, 0.2) is 59.3 Å². The predicted octanol–water partition coefficient (Wildman–Crippen LogP) is 2.38. The summed E-state index contributed by atoms with van der Waals surface area (Å²) >= 11 is 0. The Labute approximate surface area is 171 Å². The van der Waals surface area contributed by atoms with Crippen LogP contribution >= 0.6 is 0 Å². The molecular weight excluding hydrogens is 391 g/mol. The zero-order valence-electron chi connectivity index (χ0n) is 16.0. The molecule has 30 heavy (non-hydrogen) atoms. The standard InChI is InChI=1S/C21H19FN4O4/c22-16-4-2-15(3-5-16)17-6-7-18(30-17)20(28)29-14-19(27)25-10-12-26(13-11-25)21-23-8-1-9-24-21/h1-9H,10-14H2. The third kappa shape index (κ3) is 4.45. The van der Waals surface area contributed by atoms with Gasteiger partial charge in [-0.3, -0.25) is 4.79 Å². The van der Waals surface area contributed by atoms with Crippen molar-refractivity contribution in [1.29, 1.82) is 0 Å². The lowest BCUT2D eigenvalue weighted by Gasteiger charge is -2.34. The van der Waals surface area contributed by atoms with Gasteiger partial charge in [-0.25, -0.2) is 19.2 Å². The van der Waals surface area contributed by atoms with Gasteiger partial charge in [-0.2, -0.15) is 0 Å². The van der Waals surface area contributed by atoms with Crippen LogP contribution in [0.4, 0.5) is 10.3 Å². The minimum Gasteiger partial charge on any atom is -0.450 e. The number of carbonyl (C=O) groups is 2. The van der Waals surface area contributed by atoms with Gasteiger partial charge >= 0.3 is 5.97 Å². The van der Waals surface area contributed by atoms with Crippen molar-refractivity contribution in [2.45, 2.75) is 0 Å². The van der Waals surface area contributed by atoms with E-state index in [1.165, 1.54) is 18.2 Å². The van der Waals surface area contributed by atoms with Gasteiger partial charge in [0.15, 0.2) is 6.61 Å². The maximum atomic E-state index is 13.0. The predicted molar refractivity (Wildman–Crippen MR) is 105 cm³/mol. The number of amides is 1. The molecule has 0 atom stereocenters. The van der Waals surface area contributed by atoms with Crippen LogP contribution in [0.5, 0.6) is 0 Å². The van der Waals surface area contributed by atoms with Crippen molar-refractivity contribution in [2.24, 2.45) is 0 Å². The SMILES string of the molecule is O=C(OCC(=O)N1CCN(c2ncccn2)CC1)c1ccc(-c2ccc(F)cc2)o1. The molecule has 1 aromatic carbocycles. The Morgan fingerprint density at radius 2 is 1.70 bits per heavy atom. The number of piperazine rings is 1. The van der Waals surface area contributed by atoms with Gasteiger partial charge in [-0.15, -0.1) is 0 Å². The van der Waals surface area contributed by atoms with Crippen molar-refractivity contribution >= 4 is 17.8 Å². The summed E-state index contributed by atoms with van der Waals surface area (Å²) in [5.41, 5.74) is 0.631. The molecule has 0 unspecified atom stereocenters. The summed E-state index contributed by atoms with van der Waals surface area (Å²) in [4.78, 5) is 36.6. The van der Waals surface area contributed by atoms with E-state index < -0.39 is 5.97 Å². The minimum atomic E-state index is -0.729. The Hall–Kier alpha value is -3.75. The van der Waals surface area contributed by atoms with Gasteiger partial charge in [0, 0.05) is 44.1 Å². The lowest BCUT2D eigenvalue weighted by Crippen LogP contribution is -2.50. The first-order valence-corrected chi connectivity index (χ1v) is 9.43. The second-order valence-corrected chi connectivity index (χ2v) is 6.66. The fraction of sp³-hybridized carbons (Fsp3) is 0.238. The number of aromatic nitrogens is 2. The Bertz CT molecular complexity index is 1020. The second-order valence-electron chi connectivity index (χ2n) is 6.66. The lowest BCUT2D eigenvalue weighted by atomic mass is 10.2. The van der Waals surface area contributed by atoms with Crippen LogP contribution in [0.25, 0.3) is 11.3 Å². The molecule has 2 aromatic heterocycles. The number of benzene rings is 1. The average molecular weight is 410 g/mol. The van der Waals surface area contributed by atoms with Gasteiger partial charge in [-0.1, -0.05) is 0 Å². The smallest absolute Gasteiger partial charge is 0.374 e. The molecule has 0 N–H and O–H groups in total. The van der Waals surface area contributed by atoms with E-state index in [1.807, 2.05) is 4.90 Å². The Balaban J connectivity index is 1.27. The number of nitrogens with zero attached hydrogens (tertiary/aromatic N) is 4. The molecule has 154 valence electrons. The van der Waals surface area contributed by atoms with Crippen LogP contribution in [0.2, 0.25) is 0 Å². The first-order valence-electron chi connectivity index (χ1n) is 9.43. The second kappa shape index (κ2) is 8.73. The van der Waals surface area contributed by atoms with Crippen molar-refractivity contribution in [2.75, 3.05) is 37.7 Å². The Morgan fingerprint density at radius 3 is 2.40 bits per heavy atom. The fourth-order valence-electron chi connectivity index (χ4n) is 3.12. The number of ether oxygens (including phenoxy) is 1. The number of hydrogen-bond donors (Lipinski definition) is 0. The topological polar surface area (TPSA) is 88.8 Å². The largest absolute Gasteiger partial charge is 0.450 e. The molecule has 0 aliphatic carbocycles. The van der Waals surface area contributed by atoms with Gasteiger partial charge in [-0.05, 0) is 42.5 Å². The first-order chi connectivity index (χ1) is 14.6. The number of esters is 1. The number of halogens is 1. The molecule has 1 fully saturated rings. The average Bonchev–Trinajstić information content (AvgIpc) is 3.29. The van der Waals surface area contributed by atoms with Gasteiger partial charge in [0.25, 0.3) is 5.91 Å². The molecule has 0 saturated carbocycles. The third-order valence-corrected chi connectivity index (χ3v) is 4.73. The summed E-state index contributed by atoms with van der Waals surface area (Å²) in [5, 5.41) is 0. The number of hydrogen-bond acceptors (Lipinski definition) is 7. The molecule has 0 spiro atoms. The maximum absolute atomic E-state index is 13.0. The summed E-state index contributed by atoms with van der Waals surface area (Å²) in [6, 6.07) is 10.5. The molecule has 1 aliphatic rings. The van der Waals surface area contributed by atoms with E-state index in [0.717, 1.165) is 0 Å². The Kier molecular flexibility index (Phi) is 5.69. The van der Waals surface area contributed by atoms with E-state index in [4.69, 9.17) is 9.15 Å². The number of rotatable bonds is 5. The Morgan fingerprint density at radius 1 is 1.00 bits per heavy atom. The zero-order chi connectivity index (χ0) is 20.9. The van der Waals surface area contributed by atoms with E-state index in [0.29, 0.717) is 43.5 Å². The van der Waals surface area contributed by atoms with E-state index in [1.54, 1.807) is 41.6 Å². The van der Waals surface area contributed by atoms with Crippen molar-refractivity contribution in [3.05, 3.63) is 66.4 Å². The van der Waals surface area contributed by atoms with Crippen molar-refractivity contribution in [1.82, 2.24) is 14.9 Å². The molecular formula is C21H19FN4O4. The van der Waals surface area contributed by atoms with Crippen LogP contribution in [0.1, 0.15) is 10.6 Å². The minimum absolute atomic E-state index is 0.0202. The highest BCUT2D eigenvalue weighted by molar-refractivity contribution is 5.89. The molecule has 0 bridgehead atoms. The van der Waals surface area contributed by atoms with Gasteiger partial charge in [0.05, 0.1) is 0 Å². The summed E-state index contributed by atoms with van der Waals surface area (Å²) in [7, 11) is 0. The normalized spacial score (nSPS) is 13.9. The molecule has 3 heterocycles. The maximum Gasteiger partial charge on any atom is 0.374 e. The van der Waals surface area contributed by atoms with Crippen molar-refractivity contribution in [3.63, 3.8) is 0 Å². The van der Waals surface area contributed by atoms with Crippen LogP contribution in [-0.4, -0.2) is 59.5 Å². The number of anilines is 1. The van der Waals surface area contributed by atoms with Crippen LogP contribution < -0.4 is 4.90 Å². The van der Waals surface area contributed by atoms with Crippen LogP contribution in [0.3, 0.4) is 0 Å². The van der Waals surface area contributed by atoms with Gasteiger partial charge in [0.1, 0.15) is 11.6 Å². The number of furan rings is 1.